The Kier molecular flexibility index (Phi) is 6.99. The molecule has 0 aliphatic carbocycles. The van der Waals surface area contributed by atoms with Gasteiger partial charge in [0.05, 0.1) is 0 Å². The van der Waals surface area contributed by atoms with Crippen molar-refractivity contribution in [2.45, 2.75) is 33.3 Å². The molecule has 1 heterocycles. The summed E-state index contributed by atoms with van der Waals surface area (Å²) in [5.74, 6) is -0.574. The van der Waals surface area contributed by atoms with Crippen LogP contribution in [0.1, 0.15) is 37.8 Å². The number of unbranched alkanes of at least 4 members (excludes halogenated alkanes) is 1. The molecule has 5 nitrogen and oxygen atoms in total. The quantitative estimate of drug-likeness (QED) is 0.479. The van der Waals surface area contributed by atoms with E-state index in [-0.39, 0.29) is 17.3 Å². The van der Waals surface area contributed by atoms with Crippen LogP contribution >= 0.6 is 0 Å². The number of amides is 2. The van der Waals surface area contributed by atoms with Crippen LogP contribution in [0.25, 0.3) is 6.08 Å². The Hall–Kier alpha value is -3.72. The predicted molar refractivity (Wildman–Crippen MR) is 115 cm³/mol. The van der Waals surface area contributed by atoms with Gasteiger partial charge in [-0.05, 0) is 60.4 Å². The van der Waals surface area contributed by atoms with E-state index in [4.69, 9.17) is 4.74 Å². The molecule has 0 atom stereocenters. The number of hydrogen-bond acceptors (Lipinski definition) is 4. The van der Waals surface area contributed by atoms with Gasteiger partial charge in [0.25, 0.3) is 11.8 Å². The van der Waals surface area contributed by atoms with Crippen LogP contribution in [0.5, 0.6) is 5.75 Å². The zero-order valence-corrected chi connectivity index (χ0v) is 17.5. The van der Waals surface area contributed by atoms with E-state index < -0.39 is 5.91 Å². The molecule has 0 saturated heterocycles. The maximum atomic E-state index is 13.0. The van der Waals surface area contributed by atoms with E-state index in [1.807, 2.05) is 13.0 Å². The molecule has 1 aliphatic heterocycles. The van der Waals surface area contributed by atoms with Crippen molar-refractivity contribution < 1.29 is 18.7 Å². The van der Waals surface area contributed by atoms with E-state index in [1.54, 1.807) is 49.4 Å². The topological polar surface area (TPSA) is 70.4 Å². The minimum absolute atomic E-state index is 0.00112. The normalized spacial score (nSPS) is 15.4. The second-order valence-corrected chi connectivity index (χ2v) is 7.27. The third kappa shape index (κ3) is 5.07. The van der Waals surface area contributed by atoms with E-state index in [9.17, 15) is 19.2 Å². The van der Waals surface area contributed by atoms with Crippen LogP contribution in [0.2, 0.25) is 0 Å². The fraction of sp³-hybridized carbons (Fsp3) is 0.240. The monoisotopic (exact) mass is 418 g/mol. The number of imide groups is 1. The lowest BCUT2D eigenvalue weighted by molar-refractivity contribution is -0.140. The van der Waals surface area contributed by atoms with Crippen molar-refractivity contribution in [1.82, 2.24) is 4.90 Å². The van der Waals surface area contributed by atoms with Crippen LogP contribution in [0.15, 0.2) is 65.3 Å². The summed E-state index contributed by atoms with van der Waals surface area (Å²) in [6, 6.07) is 15.2. The van der Waals surface area contributed by atoms with Crippen LogP contribution in [0.4, 0.5) is 4.39 Å². The van der Waals surface area contributed by atoms with E-state index >= 15 is 0 Å². The first-order chi connectivity index (χ1) is 14.9. The Morgan fingerprint density at radius 1 is 1.06 bits per heavy atom. The molecule has 0 unspecified atom stereocenters. The van der Waals surface area contributed by atoms with Crippen LogP contribution in [0, 0.1) is 17.1 Å². The van der Waals surface area contributed by atoms with E-state index in [0.717, 1.165) is 22.4 Å². The lowest BCUT2D eigenvalue weighted by atomic mass is 9.93. The molecule has 6 heteroatoms. The van der Waals surface area contributed by atoms with Crippen molar-refractivity contribution in [3.63, 3.8) is 0 Å². The third-order valence-electron chi connectivity index (χ3n) is 5.07. The summed E-state index contributed by atoms with van der Waals surface area (Å²) < 4.78 is 18.7. The highest BCUT2D eigenvalue weighted by molar-refractivity contribution is 6.19. The number of ether oxygens (including phenoxy) is 1. The molecule has 0 N–H and O–H groups in total. The van der Waals surface area contributed by atoms with Crippen LogP contribution < -0.4 is 4.74 Å². The van der Waals surface area contributed by atoms with Gasteiger partial charge in [-0.3, -0.25) is 14.5 Å². The average Bonchev–Trinajstić information content (AvgIpc) is 2.77. The van der Waals surface area contributed by atoms with Gasteiger partial charge < -0.3 is 4.74 Å². The molecule has 31 heavy (non-hydrogen) atoms. The predicted octanol–water partition coefficient (Wildman–Crippen LogP) is 4.80. The van der Waals surface area contributed by atoms with Gasteiger partial charge in [-0.25, -0.2) is 4.39 Å². The summed E-state index contributed by atoms with van der Waals surface area (Å²) in [7, 11) is 0. The Morgan fingerprint density at radius 2 is 1.74 bits per heavy atom. The average molecular weight is 418 g/mol. The lowest BCUT2D eigenvalue weighted by Gasteiger charge is -2.27. The van der Waals surface area contributed by atoms with E-state index in [2.05, 4.69) is 0 Å². The van der Waals surface area contributed by atoms with Crippen molar-refractivity contribution in [3.8, 4) is 11.8 Å². The maximum Gasteiger partial charge on any atom is 0.271 e. The van der Waals surface area contributed by atoms with Gasteiger partial charge in [-0.1, -0.05) is 37.6 Å². The molecule has 2 aromatic carbocycles. The Morgan fingerprint density at radius 3 is 2.35 bits per heavy atom. The molecule has 0 saturated carbocycles. The fourth-order valence-electron chi connectivity index (χ4n) is 3.22. The minimum Gasteiger partial charge on any atom is -0.489 e. The zero-order valence-electron chi connectivity index (χ0n) is 17.5. The summed E-state index contributed by atoms with van der Waals surface area (Å²) in [5, 5.41) is 9.42. The first-order valence-corrected chi connectivity index (χ1v) is 10.1. The number of benzene rings is 2. The van der Waals surface area contributed by atoms with Gasteiger partial charge in [-0.15, -0.1) is 0 Å². The van der Waals surface area contributed by atoms with Gasteiger partial charge in [0, 0.05) is 12.1 Å². The molecule has 0 aromatic heterocycles. The number of carbonyl (C=O) groups is 2. The molecule has 0 bridgehead atoms. The Balaban J connectivity index is 1.79. The summed E-state index contributed by atoms with van der Waals surface area (Å²) >= 11 is 0. The smallest absolute Gasteiger partial charge is 0.271 e. The summed E-state index contributed by atoms with van der Waals surface area (Å²) in [5.41, 5.74) is 2.33. The SMILES string of the molecule is CCCCN1C(=O)C(C#N)=C(C)/C(=C\c2ccc(OCc3ccc(F)cc3)cc2)C1=O. The first-order valence-electron chi connectivity index (χ1n) is 10.1. The highest BCUT2D eigenvalue weighted by Crippen LogP contribution is 2.27. The third-order valence-corrected chi connectivity index (χ3v) is 5.07. The van der Waals surface area contributed by atoms with Crippen molar-refractivity contribution in [2.75, 3.05) is 6.54 Å². The van der Waals surface area contributed by atoms with Crippen LogP contribution in [-0.4, -0.2) is 23.3 Å². The fourth-order valence-corrected chi connectivity index (χ4v) is 3.22. The molecule has 2 aromatic rings. The second kappa shape index (κ2) is 9.86. The molecule has 0 spiro atoms. The molecular weight excluding hydrogens is 395 g/mol. The number of hydrogen-bond donors (Lipinski definition) is 0. The number of nitriles is 1. The van der Waals surface area contributed by atoms with E-state index in [0.29, 0.717) is 36.5 Å². The molecule has 0 fully saturated rings. The molecule has 158 valence electrons. The summed E-state index contributed by atoms with van der Waals surface area (Å²) in [6.07, 6.45) is 3.20. The summed E-state index contributed by atoms with van der Waals surface area (Å²) in [4.78, 5) is 26.6. The maximum absolute atomic E-state index is 13.0. The number of rotatable bonds is 7. The van der Waals surface area contributed by atoms with Gasteiger partial charge in [0.1, 0.15) is 29.8 Å². The zero-order chi connectivity index (χ0) is 22.4. The van der Waals surface area contributed by atoms with Crippen molar-refractivity contribution in [2.24, 2.45) is 0 Å². The van der Waals surface area contributed by atoms with Crippen molar-refractivity contribution in [1.29, 1.82) is 5.26 Å². The van der Waals surface area contributed by atoms with E-state index in [1.165, 1.54) is 12.1 Å². The molecule has 0 radical (unpaired) electrons. The number of nitrogens with zero attached hydrogens (tertiary/aromatic N) is 2. The summed E-state index contributed by atoms with van der Waals surface area (Å²) in [6.45, 7) is 4.19. The largest absolute Gasteiger partial charge is 0.489 e. The standard InChI is InChI=1S/C25H23FN2O3/c1-3-4-13-28-24(29)22(17(2)23(15-27)25(28)30)14-18-7-11-21(12-8-18)31-16-19-5-9-20(26)10-6-19/h5-12,14H,3-4,13,16H2,1-2H3/b22-14+. The number of carbonyl (C=O) groups excluding carboxylic acids is 2. The molecule has 1 aliphatic rings. The molecule has 3 rings (SSSR count). The number of halogens is 1. The van der Waals surface area contributed by atoms with Crippen LogP contribution in [-0.2, 0) is 16.2 Å². The van der Waals surface area contributed by atoms with Crippen molar-refractivity contribution in [3.05, 3.63) is 82.2 Å². The van der Waals surface area contributed by atoms with Gasteiger partial charge in [-0.2, -0.15) is 5.26 Å². The minimum atomic E-state index is -0.528. The van der Waals surface area contributed by atoms with Gasteiger partial charge >= 0.3 is 0 Å². The second-order valence-electron chi connectivity index (χ2n) is 7.27. The molecular formula is C25H23FN2O3. The first kappa shape index (κ1) is 22.0. The van der Waals surface area contributed by atoms with Gasteiger partial charge in [0.15, 0.2) is 0 Å². The Labute approximate surface area is 181 Å². The Bertz CT molecular complexity index is 1080. The van der Waals surface area contributed by atoms with Crippen molar-refractivity contribution >= 4 is 17.9 Å². The highest BCUT2D eigenvalue weighted by Gasteiger charge is 2.34. The van der Waals surface area contributed by atoms with Gasteiger partial charge in [0.2, 0.25) is 0 Å². The highest BCUT2D eigenvalue weighted by atomic mass is 19.1. The van der Waals surface area contributed by atoms with Crippen LogP contribution in [0.3, 0.4) is 0 Å². The lowest BCUT2D eigenvalue weighted by Crippen LogP contribution is -2.43. The molecule has 2 amide bonds.